The molecule has 1 aromatic carbocycles. The number of aromatic nitrogens is 5. The highest BCUT2D eigenvalue weighted by molar-refractivity contribution is 5.83. The van der Waals surface area contributed by atoms with Gasteiger partial charge in [-0.15, -0.1) is 5.10 Å². The molecule has 1 fully saturated rings. The third-order valence-electron chi connectivity index (χ3n) is 6.04. The highest BCUT2D eigenvalue weighted by atomic mass is 16.1. The van der Waals surface area contributed by atoms with Gasteiger partial charge in [-0.1, -0.05) is 18.6 Å². The molecule has 0 saturated carbocycles. The second kappa shape index (κ2) is 7.61. The van der Waals surface area contributed by atoms with Crippen molar-refractivity contribution >= 4 is 10.9 Å². The van der Waals surface area contributed by atoms with Crippen LogP contribution in [0.2, 0.25) is 0 Å². The second-order valence-electron chi connectivity index (χ2n) is 9.86. The van der Waals surface area contributed by atoms with E-state index in [4.69, 9.17) is 0 Å². The maximum absolute atomic E-state index is 13.3. The first-order valence-corrected chi connectivity index (χ1v) is 10.8. The summed E-state index contributed by atoms with van der Waals surface area (Å²) in [7, 11) is 0. The maximum Gasteiger partial charge on any atom is 0.253 e. The molecule has 0 aliphatic carbocycles. The van der Waals surface area contributed by atoms with Gasteiger partial charge >= 0.3 is 0 Å². The van der Waals surface area contributed by atoms with Crippen LogP contribution in [-0.4, -0.2) is 43.2 Å². The Labute approximate surface area is 177 Å². The number of aryl methyl sites for hydroxylation is 2. The molecule has 2 atom stereocenters. The first kappa shape index (κ1) is 20.7. The summed E-state index contributed by atoms with van der Waals surface area (Å²) in [5, 5.41) is 13.7. The topological polar surface area (TPSA) is 79.7 Å². The van der Waals surface area contributed by atoms with Crippen molar-refractivity contribution in [2.45, 2.75) is 66.0 Å². The van der Waals surface area contributed by atoms with Gasteiger partial charge in [-0.25, -0.2) is 4.68 Å². The molecule has 0 spiro atoms. The van der Waals surface area contributed by atoms with Gasteiger partial charge in [0.2, 0.25) is 0 Å². The van der Waals surface area contributed by atoms with E-state index in [-0.39, 0.29) is 17.1 Å². The van der Waals surface area contributed by atoms with Crippen molar-refractivity contribution in [3.05, 3.63) is 51.1 Å². The quantitative estimate of drug-likeness (QED) is 0.715. The number of fused-ring (bicyclic) bond motifs is 1. The molecule has 160 valence electrons. The van der Waals surface area contributed by atoms with Crippen LogP contribution >= 0.6 is 0 Å². The number of piperidine rings is 1. The Morgan fingerprint density at radius 3 is 2.67 bits per heavy atom. The molecule has 30 heavy (non-hydrogen) atoms. The zero-order chi connectivity index (χ0) is 21.6. The number of tetrazole rings is 1. The van der Waals surface area contributed by atoms with Crippen LogP contribution in [0.4, 0.5) is 0 Å². The van der Waals surface area contributed by atoms with E-state index in [0.717, 1.165) is 41.8 Å². The zero-order valence-corrected chi connectivity index (χ0v) is 18.9. The summed E-state index contributed by atoms with van der Waals surface area (Å²) in [6.07, 6.45) is 2.32. The number of H-pyrrole nitrogens is 1. The van der Waals surface area contributed by atoms with E-state index in [1.807, 2.05) is 17.7 Å². The average molecular weight is 409 g/mol. The molecule has 7 heteroatoms. The van der Waals surface area contributed by atoms with Gasteiger partial charge in [0.25, 0.3) is 5.56 Å². The Balaban J connectivity index is 1.94. The number of nitrogens with zero attached hydrogens (tertiary/aromatic N) is 5. The van der Waals surface area contributed by atoms with Gasteiger partial charge in [-0.05, 0) is 93.4 Å². The van der Waals surface area contributed by atoms with E-state index in [1.165, 1.54) is 12.0 Å². The minimum atomic E-state index is -0.282. The summed E-state index contributed by atoms with van der Waals surface area (Å²) in [5.41, 5.74) is 3.52. The van der Waals surface area contributed by atoms with Gasteiger partial charge in [0.1, 0.15) is 6.04 Å². The van der Waals surface area contributed by atoms with Crippen LogP contribution in [0.5, 0.6) is 0 Å². The maximum atomic E-state index is 13.3. The normalized spacial score (nSPS) is 19.3. The van der Waals surface area contributed by atoms with E-state index in [0.29, 0.717) is 11.5 Å². The van der Waals surface area contributed by atoms with Crippen molar-refractivity contribution in [2.75, 3.05) is 13.1 Å². The lowest BCUT2D eigenvalue weighted by molar-refractivity contribution is 0.137. The lowest BCUT2D eigenvalue weighted by atomic mass is 9.94. The number of pyridine rings is 1. The molecule has 0 unspecified atom stereocenters. The lowest BCUT2D eigenvalue weighted by Crippen LogP contribution is -2.42. The summed E-state index contributed by atoms with van der Waals surface area (Å²) in [6, 6.07) is 5.99. The predicted molar refractivity (Wildman–Crippen MR) is 119 cm³/mol. The molecule has 3 heterocycles. The van der Waals surface area contributed by atoms with Crippen molar-refractivity contribution in [3.8, 4) is 0 Å². The lowest BCUT2D eigenvalue weighted by Gasteiger charge is -2.37. The first-order valence-electron chi connectivity index (χ1n) is 10.8. The molecule has 0 radical (unpaired) electrons. The monoisotopic (exact) mass is 408 g/mol. The predicted octanol–water partition coefficient (Wildman–Crippen LogP) is 3.71. The number of benzene rings is 1. The van der Waals surface area contributed by atoms with E-state index in [2.05, 4.69) is 72.2 Å². The van der Waals surface area contributed by atoms with Gasteiger partial charge in [0, 0.05) is 12.1 Å². The Morgan fingerprint density at radius 1 is 1.20 bits per heavy atom. The largest absolute Gasteiger partial charge is 0.321 e. The molecule has 1 N–H and O–H groups in total. The van der Waals surface area contributed by atoms with E-state index >= 15 is 0 Å². The number of hydrogen-bond acceptors (Lipinski definition) is 5. The van der Waals surface area contributed by atoms with Crippen LogP contribution in [-0.2, 0) is 5.54 Å². The fourth-order valence-electron chi connectivity index (χ4n) is 4.71. The molecule has 1 aliphatic rings. The smallest absolute Gasteiger partial charge is 0.253 e. The molecule has 1 saturated heterocycles. The molecular weight excluding hydrogens is 376 g/mol. The van der Waals surface area contributed by atoms with Crippen LogP contribution in [0.15, 0.2) is 23.0 Å². The summed E-state index contributed by atoms with van der Waals surface area (Å²) in [6.45, 7) is 14.5. The number of rotatable bonds is 3. The molecule has 0 amide bonds. The van der Waals surface area contributed by atoms with Crippen molar-refractivity contribution in [3.63, 3.8) is 0 Å². The second-order valence-corrected chi connectivity index (χ2v) is 9.86. The van der Waals surface area contributed by atoms with Crippen molar-refractivity contribution in [2.24, 2.45) is 5.92 Å². The summed E-state index contributed by atoms with van der Waals surface area (Å²) in [5.74, 6) is 1.30. The standard InChI is InChI=1S/C23H32N6O/c1-14-8-7-9-28(13-14)20(21-25-26-27-29(21)23(4,5)6)18-12-17-11-15(2)10-16(3)19(17)24-22(18)30/h10-12,14,20H,7-9,13H2,1-6H3,(H,24,30)/t14-,20-/m1/s1. The minimum Gasteiger partial charge on any atom is -0.321 e. The molecule has 3 aromatic rings. The zero-order valence-electron chi connectivity index (χ0n) is 18.9. The fourth-order valence-corrected chi connectivity index (χ4v) is 4.71. The molecule has 4 rings (SSSR count). The Kier molecular flexibility index (Phi) is 5.26. The fraction of sp³-hybridized carbons (Fsp3) is 0.565. The van der Waals surface area contributed by atoms with Crippen LogP contribution in [0.1, 0.15) is 69.1 Å². The van der Waals surface area contributed by atoms with Gasteiger partial charge in [0.15, 0.2) is 5.82 Å². The van der Waals surface area contributed by atoms with Gasteiger partial charge in [0.05, 0.1) is 11.1 Å². The van der Waals surface area contributed by atoms with Gasteiger partial charge in [-0.2, -0.15) is 0 Å². The van der Waals surface area contributed by atoms with Gasteiger partial charge in [-0.3, -0.25) is 9.69 Å². The Hall–Kier alpha value is -2.54. The van der Waals surface area contributed by atoms with E-state index in [1.54, 1.807) is 0 Å². The molecule has 1 aliphatic heterocycles. The third kappa shape index (κ3) is 3.78. The van der Waals surface area contributed by atoms with Crippen LogP contribution in [0.25, 0.3) is 10.9 Å². The SMILES string of the molecule is Cc1cc(C)c2[nH]c(=O)c([C@H](c3nnnn3C(C)(C)C)N3CCC[C@@H](C)C3)cc2c1. The summed E-state index contributed by atoms with van der Waals surface area (Å²) < 4.78 is 1.86. The van der Waals surface area contributed by atoms with Crippen molar-refractivity contribution < 1.29 is 0 Å². The van der Waals surface area contributed by atoms with E-state index in [9.17, 15) is 4.79 Å². The van der Waals surface area contributed by atoms with Crippen LogP contribution in [0, 0.1) is 19.8 Å². The molecule has 0 bridgehead atoms. The first-order chi connectivity index (χ1) is 14.1. The average Bonchev–Trinajstić information content (AvgIpc) is 3.13. The highest BCUT2D eigenvalue weighted by Crippen LogP contribution is 2.32. The van der Waals surface area contributed by atoms with Crippen molar-refractivity contribution in [1.29, 1.82) is 0 Å². The van der Waals surface area contributed by atoms with Crippen molar-refractivity contribution in [1.82, 2.24) is 30.1 Å². The Bertz CT molecular complexity index is 1120. The highest BCUT2D eigenvalue weighted by Gasteiger charge is 2.35. The molecule has 7 nitrogen and oxygen atoms in total. The minimum absolute atomic E-state index is 0.0684. The van der Waals surface area contributed by atoms with Gasteiger partial charge < -0.3 is 4.98 Å². The van der Waals surface area contributed by atoms with Crippen LogP contribution < -0.4 is 5.56 Å². The molecular formula is C23H32N6O. The number of likely N-dealkylation sites (tertiary alicyclic amines) is 1. The van der Waals surface area contributed by atoms with E-state index < -0.39 is 0 Å². The third-order valence-corrected chi connectivity index (χ3v) is 6.04. The number of aromatic amines is 1. The summed E-state index contributed by atoms with van der Waals surface area (Å²) in [4.78, 5) is 18.9. The van der Waals surface area contributed by atoms with Crippen LogP contribution in [0.3, 0.4) is 0 Å². The molecule has 2 aromatic heterocycles. The number of nitrogens with one attached hydrogen (secondary N) is 1. The Morgan fingerprint density at radius 2 is 1.97 bits per heavy atom. The summed E-state index contributed by atoms with van der Waals surface area (Å²) >= 11 is 0. The number of hydrogen-bond donors (Lipinski definition) is 1.